The third-order valence-corrected chi connectivity index (χ3v) is 2.24. The van der Waals surface area contributed by atoms with Gasteiger partial charge in [0.05, 0.1) is 25.8 Å². The van der Waals surface area contributed by atoms with E-state index >= 15 is 0 Å². The highest BCUT2D eigenvalue weighted by Crippen LogP contribution is 2.13. The number of nitrogens with one attached hydrogen (secondary N) is 2. The highest BCUT2D eigenvalue weighted by atomic mass is 16.5. The van der Waals surface area contributed by atoms with Crippen LogP contribution in [-0.2, 0) is 19.1 Å². The van der Waals surface area contributed by atoms with Crippen LogP contribution in [0.1, 0.15) is 6.92 Å². The second kappa shape index (κ2) is 5.45. The number of hydrogen-bond acceptors (Lipinski definition) is 4. The summed E-state index contributed by atoms with van der Waals surface area (Å²) in [5, 5.41) is 13.6. The molecule has 0 spiro atoms. The molecule has 1 rings (SSSR count). The first-order chi connectivity index (χ1) is 7.50. The summed E-state index contributed by atoms with van der Waals surface area (Å²) in [5.41, 5.74) is 0. The molecule has 2 amide bonds. The standard InChI is InChI=1S/C9H14N2O5/c1-5(12)10-2-8(13)11-7-4-16-3-6(7)9(14)15/h6-7H,2-4H2,1H3,(H,10,12)(H,11,13)(H,14,15). The summed E-state index contributed by atoms with van der Waals surface area (Å²) in [5.74, 6) is -2.45. The van der Waals surface area contributed by atoms with Crippen molar-refractivity contribution in [1.82, 2.24) is 10.6 Å². The van der Waals surface area contributed by atoms with Crippen LogP contribution in [0.15, 0.2) is 0 Å². The van der Waals surface area contributed by atoms with Gasteiger partial charge >= 0.3 is 5.97 Å². The highest BCUT2D eigenvalue weighted by Gasteiger charge is 2.34. The van der Waals surface area contributed by atoms with Crippen molar-refractivity contribution in [3.8, 4) is 0 Å². The number of aliphatic carboxylic acids is 1. The smallest absolute Gasteiger partial charge is 0.311 e. The van der Waals surface area contributed by atoms with Crippen LogP contribution in [0.3, 0.4) is 0 Å². The van der Waals surface area contributed by atoms with Crippen molar-refractivity contribution in [2.45, 2.75) is 13.0 Å². The van der Waals surface area contributed by atoms with Gasteiger partial charge in [-0.1, -0.05) is 0 Å². The third-order valence-electron chi connectivity index (χ3n) is 2.24. The van der Waals surface area contributed by atoms with Gasteiger partial charge < -0.3 is 20.5 Å². The molecule has 7 heteroatoms. The molecule has 0 aromatic heterocycles. The van der Waals surface area contributed by atoms with E-state index in [1.807, 2.05) is 0 Å². The first-order valence-electron chi connectivity index (χ1n) is 4.85. The summed E-state index contributed by atoms with van der Waals surface area (Å²) in [6, 6.07) is -0.529. The second-order valence-corrected chi connectivity index (χ2v) is 3.57. The van der Waals surface area contributed by atoms with Gasteiger partial charge in [-0.3, -0.25) is 14.4 Å². The molecule has 0 bridgehead atoms. The minimum atomic E-state index is -0.998. The monoisotopic (exact) mass is 230 g/mol. The van der Waals surface area contributed by atoms with Crippen LogP contribution in [0.2, 0.25) is 0 Å². The molecule has 0 aliphatic carbocycles. The predicted molar refractivity (Wildman–Crippen MR) is 52.6 cm³/mol. The molecule has 0 radical (unpaired) electrons. The summed E-state index contributed by atoms with van der Waals surface area (Å²) >= 11 is 0. The van der Waals surface area contributed by atoms with Crippen molar-refractivity contribution < 1.29 is 24.2 Å². The zero-order chi connectivity index (χ0) is 12.1. The van der Waals surface area contributed by atoms with Crippen molar-refractivity contribution in [3.63, 3.8) is 0 Å². The van der Waals surface area contributed by atoms with Crippen LogP contribution in [0.5, 0.6) is 0 Å². The first kappa shape index (κ1) is 12.4. The van der Waals surface area contributed by atoms with Gasteiger partial charge in [-0.05, 0) is 0 Å². The minimum absolute atomic E-state index is 0.0976. The molecule has 16 heavy (non-hydrogen) atoms. The second-order valence-electron chi connectivity index (χ2n) is 3.57. The van der Waals surface area contributed by atoms with E-state index in [2.05, 4.69) is 10.6 Å². The molecule has 7 nitrogen and oxygen atoms in total. The number of hydrogen-bond donors (Lipinski definition) is 3. The van der Waals surface area contributed by atoms with Gasteiger partial charge in [0.1, 0.15) is 5.92 Å². The van der Waals surface area contributed by atoms with Crippen molar-refractivity contribution in [2.24, 2.45) is 5.92 Å². The van der Waals surface area contributed by atoms with Crippen molar-refractivity contribution in [2.75, 3.05) is 19.8 Å². The lowest BCUT2D eigenvalue weighted by molar-refractivity contribution is -0.142. The Balaban J connectivity index is 2.38. The number of ether oxygens (including phenoxy) is 1. The van der Waals surface area contributed by atoms with Gasteiger partial charge in [0, 0.05) is 6.92 Å². The van der Waals surface area contributed by atoms with Crippen LogP contribution >= 0.6 is 0 Å². The Labute approximate surface area is 92.1 Å². The quantitative estimate of drug-likeness (QED) is 0.536. The molecule has 1 aliphatic rings. The normalized spacial score (nSPS) is 23.8. The molecule has 1 saturated heterocycles. The summed E-state index contributed by atoms with van der Waals surface area (Å²) in [7, 11) is 0. The maximum atomic E-state index is 11.3. The SMILES string of the molecule is CC(=O)NCC(=O)NC1COCC1C(=O)O. The number of carboxylic acid groups (broad SMARTS) is 1. The Morgan fingerprint density at radius 1 is 1.38 bits per heavy atom. The van der Waals surface area contributed by atoms with E-state index in [1.165, 1.54) is 6.92 Å². The molecule has 2 atom stereocenters. The molecule has 1 aliphatic heterocycles. The van der Waals surface area contributed by atoms with E-state index in [1.54, 1.807) is 0 Å². The van der Waals surface area contributed by atoms with Crippen LogP contribution in [-0.4, -0.2) is 48.7 Å². The maximum Gasteiger partial charge on any atom is 0.311 e. The zero-order valence-electron chi connectivity index (χ0n) is 8.86. The Bertz CT molecular complexity index is 304. The van der Waals surface area contributed by atoms with Crippen LogP contribution in [0.4, 0.5) is 0 Å². The lowest BCUT2D eigenvalue weighted by Gasteiger charge is -2.15. The molecular weight excluding hydrogens is 216 g/mol. The molecule has 3 N–H and O–H groups in total. The van der Waals surface area contributed by atoms with Gasteiger partial charge in [-0.25, -0.2) is 0 Å². The summed E-state index contributed by atoms with van der Waals surface area (Å²) in [4.78, 5) is 32.6. The fraction of sp³-hybridized carbons (Fsp3) is 0.667. The molecule has 2 unspecified atom stereocenters. The largest absolute Gasteiger partial charge is 0.481 e. The molecule has 0 saturated carbocycles. The number of rotatable bonds is 4. The molecule has 0 aromatic rings. The van der Waals surface area contributed by atoms with Crippen LogP contribution in [0, 0.1) is 5.92 Å². The molecule has 1 heterocycles. The first-order valence-corrected chi connectivity index (χ1v) is 4.85. The Morgan fingerprint density at radius 3 is 2.62 bits per heavy atom. The van der Waals surface area contributed by atoms with Gasteiger partial charge in [-0.15, -0.1) is 0 Å². The van der Waals surface area contributed by atoms with Crippen molar-refractivity contribution in [3.05, 3.63) is 0 Å². The van der Waals surface area contributed by atoms with Gasteiger partial charge in [0.15, 0.2) is 0 Å². The van der Waals surface area contributed by atoms with Gasteiger partial charge in [-0.2, -0.15) is 0 Å². The predicted octanol–water partition coefficient (Wildman–Crippen LogP) is -1.66. The third kappa shape index (κ3) is 3.50. The average Bonchev–Trinajstić information content (AvgIpc) is 2.62. The summed E-state index contributed by atoms with van der Waals surface area (Å²) < 4.78 is 4.97. The highest BCUT2D eigenvalue weighted by molar-refractivity contribution is 5.84. The maximum absolute atomic E-state index is 11.3. The minimum Gasteiger partial charge on any atom is -0.481 e. The average molecular weight is 230 g/mol. The zero-order valence-corrected chi connectivity index (χ0v) is 8.86. The molecule has 0 aromatic carbocycles. The number of amides is 2. The van der Waals surface area contributed by atoms with Crippen LogP contribution < -0.4 is 10.6 Å². The van der Waals surface area contributed by atoms with Crippen molar-refractivity contribution >= 4 is 17.8 Å². The molecular formula is C9H14N2O5. The topological polar surface area (TPSA) is 105 Å². The lowest BCUT2D eigenvalue weighted by Crippen LogP contribution is -2.46. The van der Waals surface area contributed by atoms with Crippen LogP contribution in [0.25, 0.3) is 0 Å². The summed E-state index contributed by atoms with van der Waals surface area (Å²) in [6.07, 6.45) is 0. The van der Waals surface area contributed by atoms with E-state index in [0.717, 1.165) is 0 Å². The summed E-state index contributed by atoms with van der Waals surface area (Å²) in [6.45, 7) is 1.42. The van der Waals surface area contributed by atoms with Crippen molar-refractivity contribution in [1.29, 1.82) is 0 Å². The fourth-order valence-electron chi connectivity index (χ4n) is 1.40. The molecule has 90 valence electrons. The number of carbonyl (C=O) groups excluding carboxylic acids is 2. The van der Waals surface area contributed by atoms with E-state index in [4.69, 9.17) is 9.84 Å². The Hall–Kier alpha value is -1.63. The fourth-order valence-corrected chi connectivity index (χ4v) is 1.40. The van der Waals surface area contributed by atoms with E-state index < -0.39 is 23.8 Å². The van der Waals surface area contributed by atoms with Gasteiger partial charge in [0.2, 0.25) is 11.8 Å². The van der Waals surface area contributed by atoms with Gasteiger partial charge in [0.25, 0.3) is 0 Å². The molecule has 1 fully saturated rings. The number of carbonyl (C=O) groups is 3. The Kier molecular flexibility index (Phi) is 4.24. The Morgan fingerprint density at radius 2 is 2.06 bits per heavy atom. The lowest BCUT2D eigenvalue weighted by atomic mass is 10.0. The number of carboxylic acids is 1. The van der Waals surface area contributed by atoms with E-state index in [-0.39, 0.29) is 25.7 Å². The van der Waals surface area contributed by atoms with E-state index in [9.17, 15) is 14.4 Å². The van der Waals surface area contributed by atoms with E-state index in [0.29, 0.717) is 0 Å².